The molecule has 1 aromatic carbocycles. The van der Waals surface area contributed by atoms with Crippen LogP contribution in [0.25, 0.3) is 0 Å². The first-order valence-corrected chi connectivity index (χ1v) is 10.2. The van der Waals surface area contributed by atoms with Crippen LogP contribution >= 0.6 is 0 Å². The maximum absolute atomic E-state index is 13.6. The van der Waals surface area contributed by atoms with Crippen LogP contribution in [-0.2, 0) is 15.0 Å². The van der Waals surface area contributed by atoms with Gasteiger partial charge in [-0.05, 0) is 0 Å². The molecule has 0 aliphatic carbocycles. The van der Waals surface area contributed by atoms with E-state index in [1.54, 1.807) is 0 Å². The molecule has 43 heavy (non-hydrogen) atoms. The zero-order valence-corrected chi connectivity index (χ0v) is 21.7. The third kappa shape index (κ3) is 6.14. The van der Waals surface area contributed by atoms with Gasteiger partial charge in [-0.15, -0.1) is 0 Å². The number of alkyl halides is 15. The number of allylic oxidation sites excluding steroid dienone is 1. The van der Waals surface area contributed by atoms with Crippen molar-refractivity contribution < 1.29 is 145 Å². The summed E-state index contributed by atoms with van der Waals surface area (Å²) in [6.45, 7) is 0. The van der Waals surface area contributed by atoms with E-state index in [1.807, 2.05) is 0 Å². The molecule has 0 aliphatic heterocycles. The third-order valence-corrected chi connectivity index (χ3v) is 5.27. The van der Waals surface area contributed by atoms with Gasteiger partial charge < -0.3 is 4.55 Å². The SMILES string of the molecule is O=S(=O)([O-])c1c(F)c(F)c(F)c(F)c1OOC(F)=C(F)C(F)(F)C(F)(F)C(F)(F)C(F)(F)C(F)(F)C(F)(F)C(F)(F)F.[Na+]. The second-order valence-electron chi connectivity index (χ2n) is 7.07. The Bertz CT molecular complexity index is 1370. The number of rotatable bonds is 10. The second kappa shape index (κ2) is 11.7. The Morgan fingerprint density at radius 3 is 1.30 bits per heavy atom. The van der Waals surface area contributed by atoms with Crippen molar-refractivity contribution in [1.29, 1.82) is 0 Å². The molecule has 0 unspecified atom stereocenters. The van der Waals surface area contributed by atoms with E-state index in [2.05, 4.69) is 9.78 Å². The first kappa shape index (κ1) is 41.0. The van der Waals surface area contributed by atoms with E-state index >= 15 is 0 Å². The average Bonchev–Trinajstić information content (AvgIpc) is 2.80. The Labute approximate surface area is 242 Å². The third-order valence-electron chi connectivity index (χ3n) is 4.41. The molecular weight excluding hydrogens is 714 g/mol. The summed E-state index contributed by atoms with van der Waals surface area (Å²) in [6, 6.07) is -4.45. The molecule has 1 aromatic rings. The molecule has 0 spiro atoms. The topological polar surface area (TPSA) is 75.7 Å². The molecular formula is C15F21NaO5S. The van der Waals surface area contributed by atoms with E-state index in [-0.39, 0.29) is 29.6 Å². The van der Waals surface area contributed by atoms with Crippen molar-refractivity contribution in [2.24, 2.45) is 0 Å². The molecule has 0 atom stereocenters. The Hall–Kier alpha value is -2.00. The largest absolute Gasteiger partial charge is 1.00 e. The Morgan fingerprint density at radius 2 is 0.930 bits per heavy atom. The summed E-state index contributed by atoms with van der Waals surface area (Å²) in [7, 11) is -6.69. The Balaban J connectivity index is 0.0000176. The van der Waals surface area contributed by atoms with Crippen molar-refractivity contribution in [3.63, 3.8) is 0 Å². The fraction of sp³-hybridized carbons (Fsp3) is 0.467. The molecule has 0 bridgehead atoms. The van der Waals surface area contributed by atoms with E-state index < -0.39 is 97.6 Å². The Kier molecular flexibility index (Phi) is 11.2. The Morgan fingerprint density at radius 1 is 0.581 bits per heavy atom. The first-order valence-electron chi connectivity index (χ1n) is 8.75. The van der Waals surface area contributed by atoms with Crippen LogP contribution in [0.5, 0.6) is 5.75 Å². The smallest absolute Gasteiger partial charge is 0.744 e. The van der Waals surface area contributed by atoms with Crippen LogP contribution in [0.3, 0.4) is 0 Å². The molecule has 244 valence electrons. The summed E-state index contributed by atoms with van der Waals surface area (Å²) in [5.74, 6) is -73.0. The van der Waals surface area contributed by atoms with Gasteiger partial charge in [-0.25, -0.2) is 21.6 Å². The number of hydrogen-bond acceptors (Lipinski definition) is 5. The zero-order chi connectivity index (χ0) is 34.0. The van der Waals surface area contributed by atoms with Gasteiger partial charge in [-0.2, -0.15) is 79.0 Å². The van der Waals surface area contributed by atoms with Crippen LogP contribution in [0.15, 0.2) is 16.7 Å². The van der Waals surface area contributed by atoms with Crippen molar-refractivity contribution in [3.05, 3.63) is 35.1 Å². The molecule has 28 heteroatoms. The molecule has 0 heterocycles. The summed E-state index contributed by atoms with van der Waals surface area (Å²) in [4.78, 5) is 2.23. The summed E-state index contributed by atoms with van der Waals surface area (Å²) in [5, 5.41) is 0. The van der Waals surface area contributed by atoms with Crippen LogP contribution in [0.2, 0.25) is 0 Å². The normalized spacial score (nSPS) is 15.1. The zero-order valence-electron chi connectivity index (χ0n) is 18.9. The standard InChI is InChI=1S/C15HF21O5S.Na/c16-1-2(17)4(19)6(42(37,38)39)5(3(1)18)40-41-8(21)7(20)9(22,23)10(24,25)11(26,27)12(28,29)13(30,31)14(32,33)15(34,35)36;/h(H,37,38,39);/q;+1/p-1. The van der Waals surface area contributed by atoms with Crippen LogP contribution < -0.4 is 34.4 Å². The summed E-state index contributed by atoms with van der Waals surface area (Å²) in [5.41, 5.74) is 0. The molecule has 0 radical (unpaired) electrons. The van der Waals surface area contributed by atoms with Gasteiger partial charge in [0.15, 0.2) is 11.6 Å². The summed E-state index contributed by atoms with van der Waals surface area (Å²) >= 11 is 0. The van der Waals surface area contributed by atoms with Gasteiger partial charge in [0.2, 0.25) is 17.4 Å². The number of benzene rings is 1. The van der Waals surface area contributed by atoms with Gasteiger partial charge in [-0.3, -0.25) is 9.78 Å². The van der Waals surface area contributed by atoms with Crippen LogP contribution in [0, 0.1) is 23.3 Å². The van der Waals surface area contributed by atoms with E-state index in [9.17, 15) is 105 Å². The minimum Gasteiger partial charge on any atom is -0.744 e. The van der Waals surface area contributed by atoms with Crippen molar-refractivity contribution >= 4 is 10.1 Å². The van der Waals surface area contributed by atoms with Crippen molar-refractivity contribution in [3.8, 4) is 5.75 Å². The molecule has 0 saturated heterocycles. The predicted octanol–water partition coefficient (Wildman–Crippen LogP) is 3.94. The van der Waals surface area contributed by atoms with E-state index in [1.165, 1.54) is 0 Å². The van der Waals surface area contributed by atoms with Gasteiger partial charge in [0.1, 0.15) is 15.0 Å². The summed E-state index contributed by atoms with van der Waals surface area (Å²) < 4.78 is 309. The van der Waals surface area contributed by atoms with Gasteiger partial charge in [-0.1, -0.05) is 0 Å². The van der Waals surface area contributed by atoms with E-state index in [4.69, 9.17) is 0 Å². The van der Waals surface area contributed by atoms with Crippen molar-refractivity contribution in [2.45, 2.75) is 46.6 Å². The molecule has 0 fully saturated rings. The van der Waals surface area contributed by atoms with Gasteiger partial charge in [0, 0.05) is 0 Å². The molecule has 0 aliphatic rings. The van der Waals surface area contributed by atoms with Crippen LogP contribution in [0.1, 0.15) is 0 Å². The van der Waals surface area contributed by atoms with E-state index in [0.29, 0.717) is 0 Å². The first-order chi connectivity index (χ1) is 18.2. The number of hydrogen-bond donors (Lipinski definition) is 0. The molecule has 0 amide bonds. The quantitative estimate of drug-likeness (QED) is 0.0537. The molecule has 1 rings (SSSR count). The monoisotopic (exact) mass is 714 g/mol. The van der Waals surface area contributed by atoms with Gasteiger partial charge in [0.05, 0.1) is 0 Å². The average molecular weight is 714 g/mol. The number of halogens is 21. The van der Waals surface area contributed by atoms with Crippen LogP contribution in [-0.4, -0.2) is 54.7 Å². The molecule has 0 saturated carbocycles. The van der Waals surface area contributed by atoms with Crippen molar-refractivity contribution in [1.82, 2.24) is 0 Å². The van der Waals surface area contributed by atoms with Gasteiger partial charge in [0.25, 0.3) is 5.83 Å². The maximum Gasteiger partial charge on any atom is 1.00 e. The molecule has 0 N–H and O–H groups in total. The molecule has 5 nitrogen and oxygen atoms in total. The minimum absolute atomic E-state index is 0. The minimum atomic E-state index is -8.93. The fourth-order valence-corrected chi connectivity index (χ4v) is 2.89. The predicted molar refractivity (Wildman–Crippen MR) is 80.9 cm³/mol. The maximum atomic E-state index is 13.6. The fourth-order valence-electron chi connectivity index (χ4n) is 2.23. The van der Waals surface area contributed by atoms with E-state index in [0.717, 1.165) is 0 Å². The second-order valence-corrected chi connectivity index (χ2v) is 8.38. The summed E-state index contributed by atoms with van der Waals surface area (Å²) in [6.07, 6.45) is -7.97. The van der Waals surface area contributed by atoms with Gasteiger partial charge >= 0.3 is 77.3 Å². The van der Waals surface area contributed by atoms with Crippen molar-refractivity contribution in [2.75, 3.05) is 0 Å². The molecule has 0 aromatic heterocycles. The van der Waals surface area contributed by atoms with Crippen LogP contribution in [0.4, 0.5) is 92.2 Å².